The topological polar surface area (TPSA) is 61.5 Å². The van der Waals surface area contributed by atoms with Gasteiger partial charge in [-0.2, -0.15) is 0 Å². The molecule has 0 atom stereocenters. The van der Waals surface area contributed by atoms with Crippen LogP contribution in [0.2, 0.25) is 0 Å². The Kier molecular flexibility index (Phi) is 3.69. The zero-order chi connectivity index (χ0) is 13.1. The fourth-order valence-electron chi connectivity index (χ4n) is 2.36. The fourth-order valence-corrected chi connectivity index (χ4v) is 2.36. The Morgan fingerprint density at radius 2 is 2.06 bits per heavy atom. The molecule has 0 saturated heterocycles. The summed E-state index contributed by atoms with van der Waals surface area (Å²) in [5.74, 6) is 0.0431. The van der Waals surface area contributed by atoms with Gasteiger partial charge in [0.25, 0.3) is 0 Å². The van der Waals surface area contributed by atoms with E-state index in [4.69, 9.17) is 10.5 Å². The SMILES string of the molecule is COC(=O)Oc1cc(N)c(F)cc1C1CCCC1. The molecule has 0 spiro atoms. The number of ether oxygens (including phenoxy) is 2. The van der Waals surface area contributed by atoms with Gasteiger partial charge in [-0.05, 0) is 24.8 Å². The number of rotatable bonds is 2. The predicted octanol–water partition coefficient (Wildman–Crippen LogP) is 3.21. The van der Waals surface area contributed by atoms with Gasteiger partial charge in [0.05, 0.1) is 12.8 Å². The van der Waals surface area contributed by atoms with Crippen molar-refractivity contribution in [2.45, 2.75) is 31.6 Å². The van der Waals surface area contributed by atoms with E-state index in [0.717, 1.165) is 25.7 Å². The van der Waals surface area contributed by atoms with Crippen LogP contribution in [0.25, 0.3) is 0 Å². The molecule has 0 radical (unpaired) electrons. The van der Waals surface area contributed by atoms with Gasteiger partial charge in [0.1, 0.15) is 11.6 Å². The molecule has 0 amide bonds. The number of hydrogen-bond donors (Lipinski definition) is 1. The molecular weight excluding hydrogens is 237 g/mol. The van der Waals surface area contributed by atoms with Crippen molar-refractivity contribution >= 4 is 11.8 Å². The van der Waals surface area contributed by atoms with Crippen LogP contribution in [0.1, 0.15) is 37.2 Å². The zero-order valence-electron chi connectivity index (χ0n) is 10.2. The van der Waals surface area contributed by atoms with Crippen molar-refractivity contribution in [1.82, 2.24) is 0 Å². The molecule has 0 aromatic heterocycles. The van der Waals surface area contributed by atoms with Crippen molar-refractivity contribution in [3.63, 3.8) is 0 Å². The molecule has 0 unspecified atom stereocenters. The molecule has 1 fully saturated rings. The van der Waals surface area contributed by atoms with E-state index in [1.54, 1.807) is 0 Å². The summed E-state index contributed by atoms with van der Waals surface area (Å²) in [5.41, 5.74) is 6.17. The van der Waals surface area contributed by atoms with Gasteiger partial charge in [-0.1, -0.05) is 12.8 Å². The maximum Gasteiger partial charge on any atom is 0.513 e. The van der Waals surface area contributed by atoms with Gasteiger partial charge < -0.3 is 15.2 Å². The molecular formula is C13H16FNO3. The number of benzene rings is 1. The van der Waals surface area contributed by atoms with Gasteiger partial charge >= 0.3 is 6.16 Å². The number of carbonyl (C=O) groups excluding carboxylic acids is 1. The summed E-state index contributed by atoms with van der Waals surface area (Å²) in [4.78, 5) is 11.2. The van der Waals surface area contributed by atoms with E-state index in [-0.39, 0.29) is 11.6 Å². The molecule has 5 heteroatoms. The number of methoxy groups -OCH3 is 1. The quantitative estimate of drug-likeness (QED) is 0.499. The average molecular weight is 253 g/mol. The summed E-state index contributed by atoms with van der Waals surface area (Å²) in [5, 5.41) is 0. The Hall–Kier alpha value is -1.78. The lowest BCUT2D eigenvalue weighted by atomic mass is 9.96. The predicted molar refractivity (Wildman–Crippen MR) is 65.1 cm³/mol. The Morgan fingerprint density at radius 1 is 1.39 bits per heavy atom. The average Bonchev–Trinajstić information content (AvgIpc) is 2.87. The molecule has 1 saturated carbocycles. The molecule has 2 N–H and O–H groups in total. The second-order valence-corrected chi connectivity index (χ2v) is 4.45. The molecule has 1 aromatic rings. The molecule has 2 rings (SSSR count). The van der Waals surface area contributed by atoms with Gasteiger partial charge in [0, 0.05) is 11.6 Å². The van der Waals surface area contributed by atoms with E-state index >= 15 is 0 Å². The normalized spacial score (nSPS) is 15.7. The maximum atomic E-state index is 13.5. The third-order valence-electron chi connectivity index (χ3n) is 3.28. The number of nitrogens with two attached hydrogens (primary N) is 1. The first kappa shape index (κ1) is 12.7. The molecule has 1 aromatic carbocycles. The zero-order valence-corrected chi connectivity index (χ0v) is 10.2. The van der Waals surface area contributed by atoms with Crippen LogP contribution < -0.4 is 10.5 Å². The molecule has 0 heterocycles. The summed E-state index contributed by atoms with van der Waals surface area (Å²) in [7, 11) is 1.23. The van der Waals surface area contributed by atoms with Gasteiger partial charge in [-0.25, -0.2) is 9.18 Å². The highest BCUT2D eigenvalue weighted by atomic mass is 19.1. The Labute approximate surface area is 105 Å². The first-order chi connectivity index (χ1) is 8.61. The number of nitrogen functional groups attached to an aromatic ring is 1. The monoisotopic (exact) mass is 253 g/mol. The van der Waals surface area contributed by atoms with Crippen molar-refractivity contribution in [3.05, 3.63) is 23.5 Å². The lowest BCUT2D eigenvalue weighted by Crippen LogP contribution is -2.11. The van der Waals surface area contributed by atoms with Crippen LogP contribution >= 0.6 is 0 Å². The lowest BCUT2D eigenvalue weighted by molar-refractivity contribution is 0.121. The number of halogens is 1. The third kappa shape index (κ3) is 2.55. The van der Waals surface area contributed by atoms with E-state index in [1.807, 2.05) is 0 Å². The van der Waals surface area contributed by atoms with Crippen molar-refractivity contribution < 1.29 is 18.7 Å². The van der Waals surface area contributed by atoms with Gasteiger partial charge in [0.2, 0.25) is 0 Å². The van der Waals surface area contributed by atoms with Crippen molar-refractivity contribution in [2.24, 2.45) is 0 Å². The highest BCUT2D eigenvalue weighted by molar-refractivity contribution is 5.66. The minimum absolute atomic E-state index is 0.0318. The molecule has 0 aliphatic heterocycles. The summed E-state index contributed by atoms with van der Waals surface area (Å²) in [6.07, 6.45) is 3.34. The molecule has 1 aliphatic carbocycles. The molecule has 98 valence electrons. The van der Waals surface area contributed by atoms with Crippen LogP contribution in [-0.2, 0) is 4.74 Å². The van der Waals surface area contributed by atoms with Gasteiger partial charge in [0.15, 0.2) is 0 Å². The smallest absolute Gasteiger partial charge is 0.437 e. The summed E-state index contributed by atoms with van der Waals surface area (Å²) in [6, 6.07) is 2.71. The van der Waals surface area contributed by atoms with E-state index in [1.165, 1.54) is 19.2 Å². The van der Waals surface area contributed by atoms with E-state index in [2.05, 4.69) is 4.74 Å². The van der Waals surface area contributed by atoms with E-state index in [0.29, 0.717) is 11.3 Å². The van der Waals surface area contributed by atoms with E-state index in [9.17, 15) is 9.18 Å². The van der Waals surface area contributed by atoms with Crippen LogP contribution in [0, 0.1) is 5.82 Å². The minimum Gasteiger partial charge on any atom is -0.437 e. The van der Waals surface area contributed by atoms with Crippen molar-refractivity contribution in [3.8, 4) is 5.75 Å². The fraction of sp³-hybridized carbons (Fsp3) is 0.462. The number of carbonyl (C=O) groups is 1. The van der Waals surface area contributed by atoms with Crippen LogP contribution in [0.5, 0.6) is 5.75 Å². The lowest BCUT2D eigenvalue weighted by Gasteiger charge is -2.15. The Balaban J connectivity index is 2.34. The Morgan fingerprint density at radius 3 is 2.67 bits per heavy atom. The number of anilines is 1. The first-order valence-corrected chi connectivity index (χ1v) is 5.96. The van der Waals surface area contributed by atoms with Gasteiger partial charge in [-0.15, -0.1) is 0 Å². The van der Waals surface area contributed by atoms with Crippen LogP contribution in [0.15, 0.2) is 12.1 Å². The minimum atomic E-state index is -0.819. The third-order valence-corrected chi connectivity index (χ3v) is 3.28. The maximum absolute atomic E-state index is 13.5. The molecule has 1 aliphatic rings. The molecule has 0 bridgehead atoms. The molecule has 18 heavy (non-hydrogen) atoms. The number of hydrogen-bond acceptors (Lipinski definition) is 4. The summed E-state index contributed by atoms with van der Waals surface area (Å²) in [6.45, 7) is 0. The van der Waals surface area contributed by atoms with Crippen LogP contribution in [-0.4, -0.2) is 13.3 Å². The highest BCUT2D eigenvalue weighted by Crippen LogP contribution is 2.40. The summed E-state index contributed by atoms with van der Waals surface area (Å²) < 4.78 is 23.0. The molecule has 4 nitrogen and oxygen atoms in total. The standard InChI is InChI=1S/C13H16FNO3/c1-17-13(16)18-12-7-11(15)10(14)6-9(12)8-4-2-3-5-8/h6-8H,2-5,15H2,1H3. The second-order valence-electron chi connectivity index (χ2n) is 4.45. The first-order valence-electron chi connectivity index (χ1n) is 5.96. The highest BCUT2D eigenvalue weighted by Gasteiger charge is 2.23. The Bertz CT molecular complexity index is 456. The van der Waals surface area contributed by atoms with Crippen LogP contribution in [0.3, 0.4) is 0 Å². The van der Waals surface area contributed by atoms with Crippen LogP contribution in [0.4, 0.5) is 14.9 Å². The van der Waals surface area contributed by atoms with Crippen molar-refractivity contribution in [2.75, 3.05) is 12.8 Å². The summed E-state index contributed by atoms with van der Waals surface area (Å²) >= 11 is 0. The largest absolute Gasteiger partial charge is 0.513 e. The van der Waals surface area contributed by atoms with E-state index < -0.39 is 12.0 Å². The second kappa shape index (κ2) is 5.25. The van der Waals surface area contributed by atoms with Crippen molar-refractivity contribution in [1.29, 1.82) is 0 Å². The van der Waals surface area contributed by atoms with Gasteiger partial charge in [-0.3, -0.25) is 0 Å².